The summed E-state index contributed by atoms with van der Waals surface area (Å²) in [4.78, 5) is 18.2. The minimum absolute atomic E-state index is 0.0442. The summed E-state index contributed by atoms with van der Waals surface area (Å²) < 4.78 is 0. The standard InChI is InChI=1S/C12H18N4OS/c17-11(15-12-13-4-6-18-12)8-16-5-3-9-1-2-10(7-16)14-9/h4,6,9-10,14H,1-3,5,7-8H2,(H,13,15,17). The molecule has 5 nitrogen and oxygen atoms in total. The average Bonchev–Trinajstić information content (AvgIpc) is 2.92. The highest BCUT2D eigenvalue weighted by atomic mass is 32.1. The van der Waals surface area contributed by atoms with Crippen LogP contribution in [0.25, 0.3) is 0 Å². The molecule has 2 fully saturated rings. The molecule has 1 aromatic heterocycles. The van der Waals surface area contributed by atoms with Gasteiger partial charge in [0, 0.05) is 36.8 Å². The lowest BCUT2D eigenvalue weighted by atomic mass is 10.1. The van der Waals surface area contributed by atoms with Crippen molar-refractivity contribution >= 4 is 22.4 Å². The van der Waals surface area contributed by atoms with Crippen molar-refractivity contribution in [3.63, 3.8) is 0 Å². The van der Waals surface area contributed by atoms with Crippen LogP contribution in [-0.2, 0) is 4.79 Å². The Morgan fingerprint density at radius 1 is 1.50 bits per heavy atom. The predicted molar refractivity (Wildman–Crippen MR) is 71.7 cm³/mol. The maximum absolute atomic E-state index is 11.9. The first-order valence-electron chi connectivity index (χ1n) is 6.47. The van der Waals surface area contributed by atoms with Gasteiger partial charge >= 0.3 is 0 Å². The lowest BCUT2D eigenvalue weighted by Crippen LogP contribution is -2.39. The van der Waals surface area contributed by atoms with Crippen LogP contribution in [0.2, 0.25) is 0 Å². The van der Waals surface area contributed by atoms with Crippen molar-refractivity contribution in [3.05, 3.63) is 11.6 Å². The van der Waals surface area contributed by atoms with Crippen LogP contribution in [0.15, 0.2) is 11.6 Å². The monoisotopic (exact) mass is 266 g/mol. The van der Waals surface area contributed by atoms with Crippen LogP contribution in [0, 0.1) is 0 Å². The Bertz CT molecular complexity index is 408. The third kappa shape index (κ3) is 2.88. The molecule has 3 heterocycles. The molecule has 2 saturated heterocycles. The highest BCUT2D eigenvalue weighted by Gasteiger charge is 2.29. The summed E-state index contributed by atoms with van der Waals surface area (Å²) in [5, 5.41) is 9.01. The molecular weight excluding hydrogens is 248 g/mol. The van der Waals surface area contributed by atoms with Gasteiger partial charge in [0.15, 0.2) is 5.13 Å². The van der Waals surface area contributed by atoms with E-state index in [9.17, 15) is 4.79 Å². The highest BCUT2D eigenvalue weighted by molar-refractivity contribution is 7.13. The second-order valence-electron chi connectivity index (χ2n) is 5.05. The lowest BCUT2D eigenvalue weighted by molar-refractivity contribution is -0.117. The van der Waals surface area contributed by atoms with E-state index in [2.05, 4.69) is 20.5 Å². The number of thiazole rings is 1. The van der Waals surface area contributed by atoms with Gasteiger partial charge in [0.1, 0.15) is 0 Å². The quantitative estimate of drug-likeness (QED) is 0.854. The molecule has 0 spiro atoms. The van der Waals surface area contributed by atoms with Crippen LogP contribution >= 0.6 is 11.3 Å². The molecule has 0 saturated carbocycles. The summed E-state index contributed by atoms with van der Waals surface area (Å²) in [5.74, 6) is 0.0442. The summed E-state index contributed by atoms with van der Waals surface area (Å²) >= 11 is 1.46. The fraction of sp³-hybridized carbons (Fsp3) is 0.667. The van der Waals surface area contributed by atoms with Crippen LogP contribution in [0.3, 0.4) is 0 Å². The van der Waals surface area contributed by atoms with E-state index in [0.29, 0.717) is 23.8 Å². The zero-order valence-electron chi connectivity index (χ0n) is 10.3. The third-order valence-corrected chi connectivity index (χ3v) is 4.34. The van der Waals surface area contributed by atoms with Crippen LogP contribution in [0.4, 0.5) is 5.13 Å². The second kappa shape index (κ2) is 5.34. The molecule has 0 radical (unpaired) electrons. The highest BCUT2D eigenvalue weighted by Crippen LogP contribution is 2.20. The van der Waals surface area contributed by atoms with E-state index in [4.69, 9.17) is 0 Å². The molecule has 2 unspecified atom stereocenters. The van der Waals surface area contributed by atoms with Crippen molar-refractivity contribution < 1.29 is 4.79 Å². The fourth-order valence-electron chi connectivity index (χ4n) is 2.81. The molecule has 2 N–H and O–H groups in total. The number of likely N-dealkylation sites (tertiary alicyclic amines) is 1. The number of nitrogens with one attached hydrogen (secondary N) is 2. The van der Waals surface area contributed by atoms with Crippen LogP contribution < -0.4 is 10.6 Å². The van der Waals surface area contributed by atoms with Gasteiger partial charge in [-0.15, -0.1) is 11.3 Å². The van der Waals surface area contributed by atoms with Gasteiger partial charge in [-0.2, -0.15) is 0 Å². The Morgan fingerprint density at radius 2 is 2.39 bits per heavy atom. The normalized spacial score (nSPS) is 28.0. The summed E-state index contributed by atoms with van der Waals surface area (Å²) in [7, 11) is 0. The largest absolute Gasteiger partial charge is 0.310 e. The molecule has 98 valence electrons. The van der Waals surface area contributed by atoms with Gasteiger partial charge in [-0.3, -0.25) is 9.69 Å². The van der Waals surface area contributed by atoms with Crippen molar-refractivity contribution in [2.75, 3.05) is 25.0 Å². The maximum atomic E-state index is 11.9. The molecule has 2 aliphatic rings. The van der Waals surface area contributed by atoms with E-state index in [-0.39, 0.29) is 5.91 Å². The Balaban J connectivity index is 1.51. The number of fused-ring (bicyclic) bond motifs is 2. The molecule has 2 aliphatic heterocycles. The Kier molecular flexibility index (Phi) is 3.58. The number of anilines is 1. The summed E-state index contributed by atoms with van der Waals surface area (Å²) in [6.45, 7) is 2.48. The van der Waals surface area contributed by atoms with Gasteiger partial charge < -0.3 is 10.6 Å². The molecule has 0 aromatic carbocycles. The number of hydrogen-bond acceptors (Lipinski definition) is 5. The van der Waals surface area contributed by atoms with Crippen molar-refractivity contribution in [3.8, 4) is 0 Å². The SMILES string of the molecule is O=C(CN1CCC2CCC(C1)N2)Nc1nccs1. The Labute approximate surface area is 111 Å². The number of nitrogens with zero attached hydrogens (tertiary/aromatic N) is 2. The smallest absolute Gasteiger partial charge is 0.240 e. The Morgan fingerprint density at radius 3 is 3.22 bits per heavy atom. The van der Waals surface area contributed by atoms with E-state index in [1.54, 1.807) is 6.20 Å². The average molecular weight is 266 g/mol. The molecule has 2 atom stereocenters. The first-order valence-corrected chi connectivity index (χ1v) is 7.35. The van der Waals surface area contributed by atoms with Crippen molar-refractivity contribution in [2.45, 2.75) is 31.3 Å². The first kappa shape index (κ1) is 12.1. The van der Waals surface area contributed by atoms with E-state index >= 15 is 0 Å². The Hall–Kier alpha value is -0.980. The number of rotatable bonds is 3. The number of aromatic nitrogens is 1. The van der Waals surface area contributed by atoms with Gasteiger partial charge in [0.2, 0.25) is 5.91 Å². The number of amides is 1. The van der Waals surface area contributed by atoms with Crippen LogP contribution in [-0.4, -0.2) is 47.5 Å². The summed E-state index contributed by atoms with van der Waals surface area (Å²) in [6, 6.07) is 1.24. The van der Waals surface area contributed by atoms with Gasteiger partial charge in [-0.25, -0.2) is 4.98 Å². The third-order valence-electron chi connectivity index (χ3n) is 3.65. The zero-order valence-corrected chi connectivity index (χ0v) is 11.1. The first-order chi connectivity index (χ1) is 8.79. The minimum Gasteiger partial charge on any atom is -0.310 e. The van der Waals surface area contributed by atoms with Gasteiger partial charge in [0.25, 0.3) is 0 Å². The van der Waals surface area contributed by atoms with E-state index in [0.717, 1.165) is 19.5 Å². The molecule has 0 aliphatic carbocycles. The minimum atomic E-state index is 0.0442. The topological polar surface area (TPSA) is 57.3 Å². The molecule has 18 heavy (non-hydrogen) atoms. The molecule has 1 aromatic rings. The fourth-order valence-corrected chi connectivity index (χ4v) is 3.35. The zero-order chi connectivity index (χ0) is 12.4. The summed E-state index contributed by atoms with van der Waals surface area (Å²) in [5.41, 5.74) is 0. The molecular formula is C12H18N4OS. The summed E-state index contributed by atoms with van der Waals surface area (Å²) in [6.07, 6.45) is 5.40. The van der Waals surface area contributed by atoms with Crippen LogP contribution in [0.5, 0.6) is 0 Å². The second-order valence-corrected chi connectivity index (χ2v) is 5.94. The molecule has 2 bridgehead atoms. The van der Waals surface area contributed by atoms with E-state index < -0.39 is 0 Å². The molecule has 6 heteroatoms. The maximum Gasteiger partial charge on any atom is 0.240 e. The molecule has 3 rings (SSSR count). The predicted octanol–water partition coefficient (Wildman–Crippen LogP) is 0.908. The number of carbonyl (C=O) groups is 1. The molecule has 1 amide bonds. The number of carbonyl (C=O) groups excluding carboxylic acids is 1. The van der Waals surface area contributed by atoms with Crippen molar-refractivity contribution in [1.29, 1.82) is 0 Å². The van der Waals surface area contributed by atoms with Gasteiger partial charge in [-0.05, 0) is 19.3 Å². The lowest BCUT2D eigenvalue weighted by Gasteiger charge is -2.22. The van der Waals surface area contributed by atoms with E-state index in [1.165, 1.54) is 24.2 Å². The van der Waals surface area contributed by atoms with Crippen LogP contribution in [0.1, 0.15) is 19.3 Å². The van der Waals surface area contributed by atoms with Gasteiger partial charge in [0.05, 0.1) is 6.54 Å². The van der Waals surface area contributed by atoms with Crippen molar-refractivity contribution in [2.24, 2.45) is 0 Å². The van der Waals surface area contributed by atoms with Gasteiger partial charge in [-0.1, -0.05) is 0 Å². The van der Waals surface area contributed by atoms with Crippen molar-refractivity contribution in [1.82, 2.24) is 15.2 Å². The number of hydrogen-bond donors (Lipinski definition) is 2. The van der Waals surface area contributed by atoms with E-state index in [1.807, 2.05) is 5.38 Å².